The highest BCUT2D eigenvalue weighted by molar-refractivity contribution is 5.83. The van der Waals surface area contributed by atoms with Crippen LogP contribution in [0.5, 0.6) is 5.75 Å². The van der Waals surface area contributed by atoms with Crippen LogP contribution in [0.3, 0.4) is 0 Å². The third-order valence-corrected chi connectivity index (χ3v) is 4.44. The van der Waals surface area contributed by atoms with Crippen molar-refractivity contribution in [3.05, 3.63) is 29.8 Å². The lowest BCUT2D eigenvalue weighted by atomic mass is 10.1. The molecule has 1 aliphatic rings. The fourth-order valence-corrected chi connectivity index (χ4v) is 2.85. The normalized spacial score (nSPS) is 14.7. The molecule has 1 fully saturated rings. The van der Waals surface area contributed by atoms with Gasteiger partial charge >= 0.3 is 0 Å². The summed E-state index contributed by atoms with van der Waals surface area (Å²) < 4.78 is 10.5. The van der Waals surface area contributed by atoms with Gasteiger partial charge in [-0.25, -0.2) is 0 Å². The van der Waals surface area contributed by atoms with Gasteiger partial charge in [-0.15, -0.1) is 0 Å². The molecule has 26 heavy (non-hydrogen) atoms. The van der Waals surface area contributed by atoms with Crippen molar-refractivity contribution in [3.8, 4) is 5.75 Å². The molecule has 0 atom stereocenters. The van der Waals surface area contributed by atoms with Crippen molar-refractivity contribution in [1.29, 1.82) is 0 Å². The first-order chi connectivity index (χ1) is 12.6. The molecule has 1 saturated heterocycles. The fraction of sp³-hybridized carbons (Fsp3) is 0.579. The Hall–Kier alpha value is -2.12. The number of ether oxygens (including phenoxy) is 2. The summed E-state index contributed by atoms with van der Waals surface area (Å²) in [5.74, 6) is 0.563. The van der Waals surface area contributed by atoms with Crippen LogP contribution in [0.15, 0.2) is 24.3 Å². The lowest BCUT2D eigenvalue weighted by molar-refractivity contribution is -0.134. The maximum atomic E-state index is 12.1. The number of amides is 2. The van der Waals surface area contributed by atoms with Crippen LogP contribution in [0.1, 0.15) is 12.5 Å². The molecule has 0 saturated carbocycles. The third-order valence-electron chi connectivity index (χ3n) is 4.44. The molecule has 144 valence electrons. The molecule has 7 heteroatoms. The van der Waals surface area contributed by atoms with Crippen LogP contribution in [0.2, 0.25) is 0 Å². The standard InChI is InChI=1S/C19H29N3O4/c1-16(23)22(8-6-17-4-3-5-18(14-17)25-2)15-19(24)20-7-9-21-10-12-26-13-11-21/h3-5,14H,6-13,15H2,1-2H3,(H,20,24). The Morgan fingerprint density at radius 3 is 2.77 bits per heavy atom. The third kappa shape index (κ3) is 7.01. The van der Waals surface area contributed by atoms with Crippen LogP contribution in [-0.2, 0) is 20.7 Å². The van der Waals surface area contributed by atoms with Crippen LogP contribution in [-0.4, -0.2) is 81.2 Å². The Morgan fingerprint density at radius 2 is 2.08 bits per heavy atom. The largest absolute Gasteiger partial charge is 0.497 e. The first-order valence-corrected chi connectivity index (χ1v) is 9.03. The molecule has 0 radical (unpaired) electrons. The number of benzene rings is 1. The summed E-state index contributed by atoms with van der Waals surface area (Å²) in [7, 11) is 1.63. The quantitative estimate of drug-likeness (QED) is 0.693. The van der Waals surface area contributed by atoms with Crippen molar-refractivity contribution < 1.29 is 19.1 Å². The second kappa shape index (κ2) is 10.8. The molecule has 1 aromatic rings. The van der Waals surface area contributed by atoms with Crippen molar-refractivity contribution in [2.75, 3.05) is 59.6 Å². The van der Waals surface area contributed by atoms with Crippen LogP contribution in [0.4, 0.5) is 0 Å². The molecule has 2 rings (SSSR count). The van der Waals surface area contributed by atoms with Crippen molar-refractivity contribution in [2.45, 2.75) is 13.3 Å². The van der Waals surface area contributed by atoms with Crippen LogP contribution >= 0.6 is 0 Å². The number of hydrogen-bond acceptors (Lipinski definition) is 5. The summed E-state index contributed by atoms with van der Waals surface area (Å²) in [5.41, 5.74) is 1.07. The Labute approximate surface area is 155 Å². The highest BCUT2D eigenvalue weighted by Crippen LogP contribution is 2.13. The van der Waals surface area contributed by atoms with E-state index in [4.69, 9.17) is 9.47 Å². The van der Waals surface area contributed by atoms with Gasteiger partial charge in [0, 0.05) is 39.6 Å². The van der Waals surface area contributed by atoms with E-state index in [1.807, 2.05) is 24.3 Å². The van der Waals surface area contributed by atoms with Gasteiger partial charge in [0.2, 0.25) is 11.8 Å². The molecule has 1 N–H and O–H groups in total. The van der Waals surface area contributed by atoms with Crippen LogP contribution in [0, 0.1) is 0 Å². The van der Waals surface area contributed by atoms with Gasteiger partial charge < -0.3 is 19.7 Å². The number of methoxy groups -OCH3 is 1. The number of nitrogens with zero attached hydrogens (tertiary/aromatic N) is 2. The molecular formula is C19H29N3O4. The fourth-order valence-electron chi connectivity index (χ4n) is 2.85. The average molecular weight is 363 g/mol. The van der Waals surface area contributed by atoms with E-state index >= 15 is 0 Å². The maximum absolute atomic E-state index is 12.1. The number of rotatable bonds is 9. The second-order valence-electron chi connectivity index (χ2n) is 6.35. The van der Waals surface area contributed by atoms with E-state index in [1.165, 1.54) is 6.92 Å². The number of carbonyl (C=O) groups excluding carboxylic acids is 2. The molecular weight excluding hydrogens is 334 g/mol. The minimum Gasteiger partial charge on any atom is -0.497 e. The van der Waals surface area contributed by atoms with Gasteiger partial charge in [-0.3, -0.25) is 14.5 Å². The Morgan fingerprint density at radius 1 is 1.31 bits per heavy atom. The van der Waals surface area contributed by atoms with Gasteiger partial charge in [-0.1, -0.05) is 12.1 Å². The van der Waals surface area contributed by atoms with E-state index in [-0.39, 0.29) is 18.4 Å². The molecule has 0 aromatic heterocycles. The molecule has 0 unspecified atom stereocenters. The number of carbonyl (C=O) groups is 2. The smallest absolute Gasteiger partial charge is 0.239 e. The van der Waals surface area contributed by atoms with Gasteiger partial charge in [-0.05, 0) is 24.1 Å². The maximum Gasteiger partial charge on any atom is 0.239 e. The summed E-state index contributed by atoms with van der Waals surface area (Å²) in [6, 6.07) is 7.74. The van der Waals surface area contributed by atoms with Gasteiger partial charge in [0.1, 0.15) is 5.75 Å². The number of nitrogens with one attached hydrogen (secondary N) is 1. The van der Waals surface area contributed by atoms with Gasteiger partial charge in [-0.2, -0.15) is 0 Å². The van der Waals surface area contributed by atoms with Crippen molar-refractivity contribution in [3.63, 3.8) is 0 Å². The number of hydrogen-bond donors (Lipinski definition) is 1. The van der Waals surface area contributed by atoms with Crippen molar-refractivity contribution in [1.82, 2.24) is 15.1 Å². The summed E-state index contributed by atoms with van der Waals surface area (Å²) in [5, 5.41) is 2.90. The highest BCUT2D eigenvalue weighted by Gasteiger charge is 2.14. The van der Waals surface area contributed by atoms with Crippen molar-refractivity contribution in [2.24, 2.45) is 0 Å². The zero-order valence-corrected chi connectivity index (χ0v) is 15.7. The molecule has 1 aromatic carbocycles. The number of morpholine rings is 1. The topological polar surface area (TPSA) is 71.1 Å². The van der Waals surface area contributed by atoms with Gasteiger partial charge in [0.05, 0.1) is 26.9 Å². The zero-order chi connectivity index (χ0) is 18.8. The minimum atomic E-state index is -0.126. The highest BCUT2D eigenvalue weighted by atomic mass is 16.5. The molecule has 0 spiro atoms. The second-order valence-corrected chi connectivity index (χ2v) is 6.35. The van der Waals surface area contributed by atoms with Crippen LogP contribution in [0.25, 0.3) is 0 Å². The van der Waals surface area contributed by atoms with E-state index in [0.29, 0.717) is 19.5 Å². The molecule has 1 heterocycles. The first kappa shape index (κ1) is 20.2. The Bertz CT molecular complexity index is 588. The van der Waals surface area contributed by atoms with E-state index in [2.05, 4.69) is 10.2 Å². The molecule has 7 nitrogen and oxygen atoms in total. The predicted octanol–water partition coefficient (Wildman–Crippen LogP) is 0.535. The Balaban J connectivity index is 1.73. The lowest BCUT2D eigenvalue weighted by Gasteiger charge is -2.26. The van der Waals surface area contributed by atoms with Crippen LogP contribution < -0.4 is 10.1 Å². The van der Waals surface area contributed by atoms with Gasteiger partial charge in [0.15, 0.2) is 0 Å². The molecule has 0 bridgehead atoms. The Kier molecular flexibility index (Phi) is 8.37. The molecule has 0 aliphatic carbocycles. The SMILES string of the molecule is COc1cccc(CCN(CC(=O)NCCN2CCOCC2)C(C)=O)c1. The zero-order valence-electron chi connectivity index (χ0n) is 15.7. The average Bonchev–Trinajstić information content (AvgIpc) is 2.66. The monoisotopic (exact) mass is 363 g/mol. The minimum absolute atomic E-state index is 0.0857. The van der Waals surface area contributed by atoms with Crippen molar-refractivity contribution >= 4 is 11.8 Å². The van der Waals surface area contributed by atoms with Gasteiger partial charge in [0.25, 0.3) is 0 Å². The van der Waals surface area contributed by atoms with E-state index in [1.54, 1.807) is 12.0 Å². The lowest BCUT2D eigenvalue weighted by Crippen LogP contribution is -2.44. The summed E-state index contributed by atoms with van der Waals surface area (Å²) in [6.45, 7) is 6.76. The molecule has 2 amide bonds. The first-order valence-electron chi connectivity index (χ1n) is 9.03. The van der Waals surface area contributed by atoms with E-state index < -0.39 is 0 Å². The summed E-state index contributed by atoms with van der Waals surface area (Å²) in [4.78, 5) is 27.8. The van der Waals surface area contributed by atoms with E-state index in [0.717, 1.165) is 44.2 Å². The molecule has 1 aliphatic heterocycles. The summed E-state index contributed by atoms with van der Waals surface area (Å²) in [6.07, 6.45) is 0.678. The van der Waals surface area contributed by atoms with E-state index in [9.17, 15) is 9.59 Å². The summed E-state index contributed by atoms with van der Waals surface area (Å²) >= 11 is 0. The predicted molar refractivity (Wildman–Crippen MR) is 99.2 cm³/mol.